The van der Waals surface area contributed by atoms with Crippen molar-refractivity contribution in [1.29, 1.82) is 0 Å². The number of carbonyl (C=O) groups excluding carboxylic acids is 1. The smallest absolute Gasteiger partial charge is 0.226 e. The van der Waals surface area contributed by atoms with Crippen LogP contribution in [0, 0.1) is 11.8 Å². The maximum atomic E-state index is 14.5. The Morgan fingerprint density at radius 1 is 1.09 bits per heavy atom. The summed E-state index contributed by atoms with van der Waals surface area (Å²) in [7, 11) is -3.71. The number of amides is 1. The van der Waals surface area contributed by atoms with Gasteiger partial charge >= 0.3 is 0 Å². The Bertz CT molecular complexity index is 782. The van der Waals surface area contributed by atoms with Crippen LogP contribution in [0.15, 0.2) is 0 Å². The van der Waals surface area contributed by atoms with Crippen molar-refractivity contribution in [2.75, 3.05) is 13.2 Å². The highest BCUT2D eigenvalue weighted by atomic mass is 32.2. The number of nitrogens with zero attached hydrogens (tertiary/aromatic N) is 1. The number of alkyl halides is 2. The first-order valence-electron chi connectivity index (χ1n) is 12.6. The molecule has 1 aliphatic heterocycles. The van der Waals surface area contributed by atoms with Gasteiger partial charge in [0.15, 0.2) is 0 Å². The molecule has 6 unspecified atom stereocenters. The molecule has 4 fully saturated rings. The Morgan fingerprint density at radius 3 is 2.48 bits per heavy atom. The second-order valence-corrected chi connectivity index (χ2v) is 12.7. The normalized spacial score (nSPS) is 43.0. The van der Waals surface area contributed by atoms with Gasteiger partial charge in [-0.3, -0.25) is 4.79 Å². The lowest BCUT2D eigenvalue weighted by Gasteiger charge is -2.48. The lowest BCUT2D eigenvalue weighted by molar-refractivity contribution is -0.136. The average Bonchev–Trinajstić information content (AvgIpc) is 2.78. The van der Waals surface area contributed by atoms with Gasteiger partial charge in [-0.15, -0.1) is 0 Å². The molecule has 4 rings (SSSR count). The maximum absolute atomic E-state index is 14.5. The largest absolute Gasteiger partial charge is 0.394 e. The van der Waals surface area contributed by atoms with E-state index in [1.54, 1.807) is 0 Å². The molecule has 190 valence electrons. The SMILES string of the molecule is CC1CCCC(F)C1C(=O)NC1CCC2O[C@@H](CO)CN(S(=O)(=O)C3CCC(F)CC3)C2C1. The van der Waals surface area contributed by atoms with Crippen LogP contribution in [0.1, 0.15) is 71.1 Å². The van der Waals surface area contributed by atoms with Crippen molar-refractivity contribution < 1.29 is 31.8 Å². The zero-order valence-corrected chi connectivity index (χ0v) is 20.2. The Morgan fingerprint density at radius 2 is 1.82 bits per heavy atom. The summed E-state index contributed by atoms with van der Waals surface area (Å²) in [6.07, 6.45) is 1.61. The monoisotopic (exact) mass is 492 g/mol. The van der Waals surface area contributed by atoms with Gasteiger partial charge in [-0.2, -0.15) is 4.31 Å². The number of hydrogen-bond acceptors (Lipinski definition) is 5. The number of ether oxygens (including phenoxy) is 1. The van der Waals surface area contributed by atoms with Gasteiger partial charge in [-0.25, -0.2) is 17.2 Å². The van der Waals surface area contributed by atoms with Crippen molar-refractivity contribution in [1.82, 2.24) is 9.62 Å². The molecular formula is C23H38F2N2O5S. The Hall–Kier alpha value is -0.840. The van der Waals surface area contributed by atoms with Crippen LogP contribution >= 0.6 is 0 Å². The highest BCUT2D eigenvalue weighted by Gasteiger charge is 2.48. The van der Waals surface area contributed by atoms with Crippen LogP contribution < -0.4 is 5.32 Å². The van der Waals surface area contributed by atoms with Gasteiger partial charge in [0, 0.05) is 12.6 Å². The molecule has 4 aliphatic rings. The standard InChI is InChI=1S/C23H38F2N2O5S/c1-14-3-2-4-19(25)22(14)23(29)26-16-7-10-21-20(11-16)27(12-17(13-28)32-21)33(30,31)18-8-5-15(24)6-9-18/h14-22,28H,2-13H2,1H3,(H,26,29)/t14?,15?,16?,17-,18?,19?,20?,21?,22?/m1/s1. The summed E-state index contributed by atoms with van der Waals surface area (Å²) in [6, 6.07) is -0.710. The van der Waals surface area contributed by atoms with Crippen LogP contribution in [0.3, 0.4) is 0 Å². The Balaban J connectivity index is 1.47. The van der Waals surface area contributed by atoms with Crippen LogP contribution in [0.4, 0.5) is 8.78 Å². The summed E-state index contributed by atoms with van der Waals surface area (Å²) in [5.74, 6) is -0.955. The zero-order valence-electron chi connectivity index (χ0n) is 19.4. The number of nitrogens with one attached hydrogen (secondary N) is 1. The van der Waals surface area contributed by atoms with E-state index in [0.717, 1.165) is 12.8 Å². The van der Waals surface area contributed by atoms with Crippen LogP contribution in [0.25, 0.3) is 0 Å². The van der Waals surface area contributed by atoms with Gasteiger partial charge < -0.3 is 15.2 Å². The molecule has 0 spiro atoms. The Labute approximate surface area is 195 Å². The minimum atomic E-state index is -3.71. The molecule has 0 bridgehead atoms. The van der Waals surface area contributed by atoms with E-state index in [4.69, 9.17) is 4.74 Å². The first-order chi connectivity index (χ1) is 15.7. The number of aliphatic hydroxyl groups is 1. The van der Waals surface area contributed by atoms with E-state index < -0.39 is 45.7 Å². The summed E-state index contributed by atoms with van der Waals surface area (Å²) in [5, 5.41) is 12.1. The molecule has 7 atom stereocenters. The number of halogens is 2. The van der Waals surface area contributed by atoms with Crippen molar-refractivity contribution >= 4 is 15.9 Å². The highest BCUT2D eigenvalue weighted by molar-refractivity contribution is 7.89. The topological polar surface area (TPSA) is 95.9 Å². The molecule has 0 aromatic heterocycles. The average molecular weight is 493 g/mol. The molecule has 33 heavy (non-hydrogen) atoms. The lowest BCUT2D eigenvalue weighted by atomic mass is 9.78. The maximum Gasteiger partial charge on any atom is 0.226 e. The van der Waals surface area contributed by atoms with E-state index in [-0.39, 0.29) is 50.0 Å². The van der Waals surface area contributed by atoms with Crippen LogP contribution in [-0.2, 0) is 19.6 Å². The minimum absolute atomic E-state index is 0.0177. The van der Waals surface area contributed by atoms with Crippen molar-refractivity contribution in [3.8, 4) is 0 Å². The van der Waals surface area contributed by atoms with E-state index in [0.29, 0.717) is 38.5 Å². The van der Waals surface area contributed by atoms with Crippen molar-refractivity contribution in [2.45, 2.75) is 113 Å². The van der Waals surface area contributed by atoms with Crippen LogP contribution in [0.5, 0.6) is 0 Å². The molecular weight excluding hydrogens is 454 g/mol. The molecule has 1 heterocycles. The highest BCUT2D eigenvalue weighted by Crippen LogP contribution is 2.37. The molecule has 7 nitrogen and oxygen atoms in total. The molecule has 3 aliphatic carbocycles. The fourth-order valence-corrected chi connectivity index (χ4v) is 8.54. The first-order valence-corrected chi connectivity index (χ1v) is 14.1. The summed E-state index contributed by atoms with van der Waals surface area (Å²) in [4.78, 5) is 12.9. The fraction of sp³-hybridized carbons (Fsp3) is 0.957. The van der Waals surface area contributed by atoms with Crippen LogP contribution in [-0.4, -0.2) is 78.8 Å². The van der Waals surface area contributed by atoms with Crippen molar-refractivity contribution in [3.05, 3.63) is 0 Å². The van der Waals surface area contributed by atoms with Gasteiger partial charge in [0.05, 0.1) is 36.0 Å². The predicted molar refractivity (Wildman–Crippen MR) is 119 cm³/mol. The molecule has 1 amide bonds. The van der Waals surface area contributed by atoms with Gasteiger partial charge in [0.2, 0.25) is 15.9 Å². The number of aliphatic hydroxyl groups excluding tert-OH is 1. The number of rotatable bonds is 5. The third-order valence-corrected chi connectivity index (χ3v) is 10.6. The van der Waals surface area contributed by atoms with Gasteiger partial charge in [-0.1, -0.05) is 13.3 Å². The summed E-state index contributed by atoms with van der Waals surface area (Å²) in [6.45, 7) is 1.70. The third-order valence-electron chi connectivity index (χ3n) is 8.22. The quantitative estimate of drug-likeness (QED) is 0.615. The van der Waals surface area contributed by atoms with E-state index in [1.807, 2.05) is 6.92 Å². The number of fused-ring (bicyclic) bond motifs is 1. The molecule has 0 aromatic rings. The lowest BCUT2D eigenvalue weighted by Crippen LogP contribution is -2.63. The second kappa shape index (κ2) is 10.4. The van der Waals surface area contributed by atoms with Crippen molar-refractivity contribution in [3.63, 3.8) is 0 Å². The number of hydrogen-bond donors (Lipinski definition) is 2. The Kier molecular flexibility index (Phi) is 7.97. The molecule has 0 aromatic carbocycles. The van der Waals surface area contributed by atoms with Gasteiger partial charge in [-0.05, 0) is 63.7 Å². The fourth-order valence-electron chi connectivity index (χ4n) is 6.31. The summed E-state index contributed by atoms with van der Waals surface area (Å²) < 4.78 is 62.7. The van der Waals surface area contributed by atoms with E-state index in [2.05, 4.69) is 5.32 Å². The van der Waals surface area contributed by atoms with E-state index in [9.17, 15) is 27.1 Å². The number of morpholine rings is 1. The van der Waals surface area contributed by atoms with Crippen LogP contribution in [0.2, 0.25) is 0 Å². The molecule has 3 saturated carbocycles. The summed E-state index contributed by atoms with van der Waals surface area (Å²) in [5.41, 5.74) is 0. The second-order valence-electron chi connectivity index (χ2n) is 10.5. The first kappa shape index (κ1) is 25.3. The predicted octanol–water partition coefficient (Wildman–Crippen LogP) is 2.47. The van der Waals surface area contributed by atoms with E-state index in [1.165, 1.54) is 4.31 Å². The number of carbonyl (C=O) groups is 1. The third kappa shape index (κ3) is 5.38. The van der Waals surface area contributed by atoms with Gasteiger partial charge in [0.1, 0.15) is 12.3 Å². The molecule has 0 radical (unpaired) electrons. The van der Waals surface area contributed by atoms with E-state index >= 15 is 0 Å². The van der Waals surface area contributed by atoms with Gasteiger partial charge in [0.25, 0.3) is 0 Å². The molecule has 1 saturated heterocycles. The summed E-state index contributed by atoms with van der Waals surface area (Å²) >= 11 is 0. The minimum Gasteiger partial charge on any atom is -0.394 e. The number of sulfonamides is 1. The molecule has 2 N–H and O–H groups in total. The molecule has 10 heteroatoms. The van der Waals surface area contributed by atoms with Crippen molar-refractivity contribution in [2.24, 2.45) is 11.8 Å². The zero-order chi connectivity index (χ0) is 23.8.